The first kappa shape index (κ1) is 10.7. The molecule has 0 radical (unpaired) electrons. The Labute approximate surface area is 93.7 Å². The minimum Gasteiger partial charge on any atom is -0.423 e. The number of nitrogens with one attached hydrogen (secondary N) is 1. The van der Waals surface area contributed by atoms with Crippen LogP contribution in [0.3, 0.4) is 0 Å². The minimum atomic E-state index is -0.185. The highest BCUT2D eigenvalue weighted by molar-refractivity contribution is 5.88. The van der Waals surface area contributed by atoms with Gasteiger partial charge in [0.15, 0.2) is 5.58 Å². The molecule has 0 saturated heterocycles. The number of fused-ring (bicyclic) bond motifs is 1. The Morgan fingerprint density at radius 1 is 1.44 bits per heavy atom. The van der Waals surface area contributed by atoms with Crippen molar-refractivity contribution in [2.45, 2.75) is 26.7 Å². The average Bonchev–Trinajstić information content (AvgIpc) is 2.56. The van der Waals surface area contributed by atoms with E-state index in [2.05, 4.69) is 24.1 Å². The molecule has 4 nitrogen and oxygen atoms in total. The third-order valence-corrected chi connectivity index (χ3v) is 2.36. The van der Waals surface area contributed by atoms with E-state index in [-0.39, 0.29) is 11.9 Å². The van der Waals surface area contributed by atoms with Gasteiger partial charge in [0.2, 0.25) is 5.91 Å². The molecule has 2 aromatic rings. The molecule has 0 bridgehead atoms. The van der Waals surface area contributed by atoms with Gasteiger partial charge in [-0.15, -0.1) is 0 Å². The van der Waals surface area contributed by atoms with Crippen LogP contribution in [0.25, 0.3) is 11.1 Å². The van der Waals surface area contributed by atoms with Gasteiger partial charge in [0, 0.05) is 6.92 Å². The zero-order valence-electron chi connectivity index (χ0n) is 9.57. The Kier molecular flexibility index (Phi) is 2.64. The van der Waals surface area contributed by atoms with Gasteiger partial charge in [-0.3, -0.25) is 10.1 Å². The van der Waals surface area contributed by atoms with Crippen LogP contribution in [0.15, 0.2) is 22.6 Å². The number of hydrogen-bond donors (Lipinski definition) is 1. The molecule has 0 aliphatic carbocycles. The predicted molar refractivity (Wildman–Crippen MR) is 62.4 cm³/mol. The van der Waals surface area contributed by atoms with E-state index in [1.807, 2.05) is 18.2 Å². The fourth-order valence-electron chi connectivity index (χ4n) is 1.51. The van der Waals surface area contributed by atoms with E-state index < -0.39 is 0 Å². The van der Waals surface area contributed by atoms with E-state index in [0.717, 1.165) is 5.52 Å². The molecule has 0 unspecified atom stereocenters. The fraction of sp³-hybridized carbons (Fsp3) is 0.333. The topological polar surface area (TPSA) is 55.1 Å². The van der Waals surface area contributed by atoms with Crippen molar-refractivity contribution in [1.82, 2.24) is 4.98 Å². The first-order chi connectivity index (χ1) is 7.56. The molecule has 16 heavy (non-hydrogen) atoms. The number of anilines is 1. The molecule has 2 rings (SSSR count). The van der Waals surface area contributed by atoms with E-state index in [1.165, 1.54) is 12.5 Å². The summed E-state index contributed by atoms with van der Waals surface area (Å²) in [5, 5.41) is 2.53. The number of oxazole rings is 1. The highest BCUT2D eigenvalue weighted by Gasteiger charge is 2.08. The summed E-state index contributed by atoms with van der Waals surface area (Å²) in [6, 6.07) is 6.12. The van der Waals surface area contributed by atoms with Crippen LogP contribution >= 0.6 is 0 Å². The summed E-state index contributed by atoms with van der Waals surface area (Å²) >= 11 is 0. The molecular formula is C12H14N2O2. The number of nitrogens with zero attached hydrogens (tertiary/aromatic N) is 1. The van der Waals surface area contributed by atoms with Crippen LogP contribution in [-0.2, 0) is 4.79 Å². The van der Waals surface area contributed by atoms with Gasteiger partial charge in [0.25, 0.3) is 0 Å². The molecule has 4 heteroatoms. The monoisotopic (exact) mass is 218 g/mol. The largest absolute Gasteiger partial charge is 0.423 e. The maximum Gasteiger partial charge on any atom is 0.302 e. The summed E-state index contributed by atoms with van der Waals surface area (Å²) in [6.07, 6.45) is 0. The van der Waals surface area contributed by atoms with Gasteiger partial charge in [-0.05, 0) is 23.6 Å². The Morgan fingerprint density at radius 3 is 2.81 bits per heavy atom. The second-order valence-electron chi connectivity index (χ2n) is 4.08. The van der Waals surface area contributed by atoms with Crippen molar-refractivity contribution in [2.75, 3.05) is 5.32 Å². The lowest BCUT2D eigenvalue weighted by Crippen LogP contribution is -2.05. The van der Waals surface area contributed by atoms with Gasteiger partial charge < -0.3 is 4.42 Å². The highest BCUT2D eigenvalue weighted by Crippen LogP contribution is 2.23. The molecule has 0 atom stereocenters. The van der Waals surface area contributed by atoms with Crippen molar-refractivity contribution in [3.8, 4) is 0 Å². The smallest absolute Gasteiger partial charge is 0.302 e. The Hall–Kier alpha value is -1.84. The van der Waals surface area contributed by atoms with Gasteiger partial charge >= 0.3 is 6.01 Å². The lowest BCUT2D eigenvalue weighted by molar-refractivity contribution is -0.114. The van der Waals surface area contributed by atoms with E-state index in [1.54, 1.807) is 0 Å². The summed E-state index contributed by atoms with van der Waals surface area (Å²) in [5.41, 5.74) is 2.67. The van der Waals surface area contributed by atoms with Crippen molar-refractivity contribution >= 4 is 23.0 Å². The zero-order valence-corrected chi connectivity index (χ0v) is 9.57. The summed E-state index contributed by atoms with van der Waals surface area (Å²) in [5.74, 6) is 0.265. The van der Waals surface area contributed by atoms with Crippen molar-refractivity contribution in [2.24, 2.45) is 0 Å². The quantitative estimate of drug-likeness (QED) is 0.843. The number of benzene rings is 1. The van der Waals surface area contributed by atoms with Gasteiger partial charge in [0.1, 0.15) is 5.52 Å². The molecule has 1 amide bonds. The standard InChI is InChI=1S/C12H14N2O2/c1-7(2)9-4-5-11-10(6-9)14-12(16-11)13-8(3)15/h4-7H,1-3H3,(H,13,14,15). The molecule has 1 heterocycles. The first-order valence-corrected chi connectivity index (χ1v) is 5.24. The van der Waals surface area contributed by atoms with Crippen molar-refractivity contribution in [3.05, 3.63) is 23.8 Å². The van der Waals surface area contributed by atoms with Crippen LogP contribution in [-0.4, -0.2) is 10.9 Å². The number of hydrogen-bond acceptors (Lipinski definition) is 3. The number of rotatable bonds is 2. The summed E-state index contributed by atoms with van der Waals surface area (Å²) < 4.78 is 5.37. The van der Waals surface area contributed by atoms with E-state index in [0.29, 0.717) is 11.5 Å². The third-order valence-electron chi connectivity index (χ3n) is 2.36. The maximum absolute atomic E-state index is 10.9. The number of carbonyl (C=O) groups is 1. The second kappa shape index (κ2) is 3.96. The Morgan fingerprint density at radius 2 is 2.19 bits per heavy atom. The molecule has 1 aromatic heterocycles. The van der Waals surface area contributed by atoms with Crippen LogP contribution < -0.4 is 5.32 Å². The number of aromatic nitrogens is 1. The average molecular weight is 218 g/mol. The van der Waals surface area contributed by atoms with Crippen LogP contribution in [0, 0.1) is 0 Å². The molecular weight excluding hydrogens is 204 g/mol. The molecule has 84 valence electrons. The summed E-state index contributed by atoms with van der Waals surface area (Å²) in [4.78, 5) is 15.1. The minimum absolute atomic E-state index is 0.185. The zero-order chi connectivity index (χ0) is 11.7. The lowest BCUT2D eigenvalue weighted by Gasteiger charge is -2.02. The Balaban J connectivity index is 2.41. The lowest BCUT2D eigenvalue weighted by atomic mass is 10.0. The molecule has 0 saturated carbocycles. The van der Waals surface area contributed by atoms with Crippen molar-refractivity contribution in [3.63, 3.8) is 0 Å². The SMILES string of the molecule is CC(=O)Nc1nc2cc(C(C)C)ccc2o1. The molecule has 1 aromatic carbocycles. The third kappa shape index (κ3) is 2.05. The predicted octanol–water partition coefficient (Wildman–Crippen LogP) is 2.91. The van der Waals surface area contributed by atoms with Crippen LogP contribution in [0.1, 0.15) is 32.3 Å². The Bertz CT molecular complexity index is 529. The van der Waals surface area contributed by atoms with Gasteiger partial charge in [0.05, 0.1) is 0 Å². The van der Waals surface area contributed by atoms with E-state index >= 15 is 0 Å². The van der Waals surface area contributed by atoms with Crippen molar-refractivity contribution < 1.29 is 9.21 Å². The molecule has 0 fully saturated rings. The maximum atomic E-state index is 10.9. The summed E-state index contributed by atoms with van der Waals surface area (Å²) in [7, 11) is 0. The van der Waals surface area contributed by atoms with Crippen molar-refractivity contribution in [1.29, 1.82) is 0 Å². The van der Waals surface area contributed by atoms with Crippen LogP contribution in [0.2, 0.25) is 0 Å². The van der Waals surface area contributed by atoms with Gasteiger partial charge in [-0.25, -0.2) is 0 Å². The molecule has 1 N–H and O–H groups in total. The van der Waals surface area contributed by atoms with E-state index in [4.69, 9.17) is 4.42 Å². The number of amides is 1. The first-order valence-electron chi connectivity index (χ1n) is 5.24. The molecule has 0 aliphatic heterocycles. The summed E-state index contributed by atoms with van der Waals surface area (Å²) in [6.45, 7) is 5.67. The van der Waals surface area contributed by atoms with Crippen LogP contribution in [0.4, 0.5) is 6.01 Å². The van der Waals surface area contributed by atoms with Crippen LogP contribution in [0.5, 0.6) is 0 Å². The molecule has 0 aliphatic rings. The number of carbonyl (C=O) groups excluding carboxylic acids is 1. The van der Waals surface area contributed by atoms with Gasteiger partial charge in [-0.1, -0.05) is 19.9 Å². The fourth-order valence-corrected chi connectivity index (χ4v) is 1.51. The van der Waals surface area contributed by atoms with E-state index in [9.17, 15) is 4.79 Å². The molecule has 0 spiro atoms. The van der Waals surface area contributed by atoms with Gasteiger partial charge in [-0.2, -0.15) is 4.98 Å². The second-order valence-corrected chi connectivity index (χ2v) is 4.08. The normalized spacial score (nSPS) is 11.0. The highest BCUT2D eigenvalue weighted by atomic mass is 16.4.